The summed E-state index contributed by atoms with van der Waals surface area (Å²) in [6.45, 7) is -0.281. The first-order valence-corrected chi connectivity index (χ1v) is 4.98. The molecule has 0 atom stereocenters. The van der Waals surface area contributed by atoms with Gasteiger partial charge in [0.05, 0.1) is 6.67 Å². The Hall–Kier alpha value is -1.45. The zero-order chi connectivity index (χ0) is 11.1. The van der Waals surface area contributed by atoms with Crippen LogP contribution in [0.15, 0.2) is 18.3 Å². The molecule has 82 valence electrons. The van der Waals surface area contributed by atoms with Crippen LogP contribution in [0.2, 0.25) is 0 Å². The normalized spacial score (nSPS) is 10.2. The summed E-state index contributed by atoms with van der Waals surface area (Å²) < 4.78 is 11.8. The third-order valence-electron chi connectivity index (χ3n) is 2.14. The monoisotopic (exact) mass is 211 g/mol. The summed E-state index contributed by atoms with van der Waals surface area (Å²) in [5.41, 5.74) is 1.01. The van der Waals surface area contributed by atoms with Gasteiger partial charge >= 0.3 is 5.97 Å². The highest BCUT2D eigenvalue weighted by atomic mass is 19.1. The lowest BCUT2D eigenvalue weighted by molar-refractivity contribution is 0.0690. The number of hydrogen-bond acceptors (Lipinski definition) is 2. The quantitative estimate of drug-likeness (QED) is 0.735. The van der Waals surface area contributed by atoms with Gasteiger partial charge in [-0.1, -0.05) is 6.42 Å². The van der Waals surface area contributed by atoms with Gasteiger partial charge in [-0.3, -0.25) is 4.39 Å². The topological polar surface area (TPSA) is 50.2 Å². The molecule has 0 amide bonds. The molecule has 0 aromatic carbocycles. The predicted molar refractivity (Wildman–Crippen MR) is 54.7 cm³/mol. The Morgan fingerprint density at radius 2 is 2.20 bits per heavy atom. The van der Waals surface area contributed by atoms with Crippen LogP contribution in [0.25, 0.3) is 0 Å². The van der Waals surface area contributed by atoms with Crippen LogP contribution >= 0.6 is 0 Å². The largest absolute Gasteiger partial charge is 0.477 e. The summed E-state index contributed by atoms with van der Waals surface area (Å²) in [5, 5.41) is 8.71. The number of carboxylic acids is 1. The van der Waals surface area contributed by atoms with Crippen LogP contribution in [0, 0.1) is 0 Å². The Bertz CT molecular complexity index is 328. The van der Waals surface area contributed by atoms with Crippen molar-refractivity contribution in [3.63, 3.8) is 0 Å². The van der Waals surface area contributed by atoms with Crippen molar-refractivity contribution in [3.05, 3.63) is 29.6 Å². The maximum absolute atomic E-state index is 11.8. The van der Waals surface area contributed by atoms with Crippen LogP contribution in [0.3, 0.4) is 0 Å². The van der Waals surface area contributed by atoms with Gasteiger partial charge in [-0.15, -0.1) is 0 Å². The number of carbonyl (C=O) groups is 1. The Morgan fingerprint density at radius 3 is 2.87 bits per heavy atom. The van der Waals surface area contributed by atoms with E-state index in [1.54, 1.807) is 12.1 Å². The van der Waals surface area contributed by atoms with Crippen LogP contribution in [-0.4, -0.2) is 22.7 Å². The molecule has 1 heterocycles. The number of carboxylic acid groups (broad SMARTS) is 1. The van der Waals surface area contributed by atoms with Crippen molar-refractivity contribution in [2.24, 2.45) is 0 Å². The summed E-state index contributed by atoms with van der Waals surface area (Å²) in [5.74, 6) is -1.01. The van der Waals surface area contributed by atoms with Crippen molar-refractivity contribution in [2.45, 2.75) is 25.7 Å². The molecule has 0 saturated heterocycles. The maximum Gasteiger partial charge on any atom is 0.354 e. The molecule has 0 radical (unpaired) electrons. The van der Waals surface area contributed by atoms with E-state index in [9.17, 15) is 9.18 Å². The Morgan fingerprint density at radius 1 is 1.40 bits per heavy atom. The lowest BCUT2D eigenvalue weighted by atomic mass is 10.1. The van der Waals surface area contributed by atoms with E-state index in [4.69, 9.17) is 5.11 Å². The van der Waals surface area contributed by atoms with Gasteiger partial charge in [0, 0.05) is 6.20 Å². The van der Waals surface area contributed by atoms with Gasteiger partial charge in [0.2, 0.25) is 0 Å². The number of nitrogens with zero attached hydrogens (tertiary/aromatic N) is 1. The van der Waals surface area contributed by atoms with E-state index < -0.39 is 5.97 Å². The number of aryl methyl sites for hydroxylation is 1. The maximum atomic E-state index is 11.8. The minimum atomic E-state index is -1.01. The first-order valence-electron chi connectivity index (χ1n) is 4.98. The van der Waals surface area contributed by atoms with E-state index in [1.165, 1.54) is 6.20 Å². The number of alkyl halides is 1. The van der Waals surface area contributed by atoms with Crippen LogP contribution in [0.1, 0.15) is 35.3 Å². The van der Waals surface area contributed by atoms with Gasteiger partial charge in [-0.2, -0.15) is 0 Å². The van der Waals surface area contributed by atoms with Crippen molar-refractivity contribution in [1.82, 2.24) is 4.98 Å². The Kier molecular flexibility index (Phi) is 4.74. The van der Waals surface area contributed by atoms with Gasteiger partial charge in [0.15, 0.2) is 0 Å². The lowest BCUT2D eigenvalue weighted by Gasteiger charge is -2.01. The smallest absolute Gasteiger partial charge is 0.354 e. The molecule has 15 heavy (non-hydrogen) atoms. The molecule has 0 aliphatic carbocycles. The molecule has 1 aromatic rings. The number of hydrogen-bond donors (Lipinski definition) is 1. The third kappa shape index (κ3) is 4.06. The fourth-order valence-corrected chi connectivity index (χ4v) is 1.35. The summed E-state index contributed by atoms with van der Waals surface area (Å²) in [6, 6.07) is 3.36. The molecule has 0 fully saturated rings. The fourth-order valence-electron chi connectivity index (χ4n) is 1.35. The zero-order valence-corrected chi connectivity index (χ0v) is 8.45. The van der Waals surface area contributed by atoms with E-state index in [1.807, 2.05) is 0 Å². The third-order valence-corrected chi connectivity index (χ3v) is 2.14. The van der Waals surface area contributed by atoms with E-state index in [0.717, 1.165) is 24.8 Å². The second-order valence-corrected chi connectivity index (χ2v) is 3.35. The molecule has 1 rings (SSSR count). The summed E-state index contributed by atoms with van der Waals surface area (Å²) in [6.07, 6.45) is 4.57. The molecule has 0 saturated carbocycles. The average molecular weight is 211 g/mol. The van der Waals surface area contributed by atoms with Crippen LogP contribution in [0.4, 0.5) is 4.39 Å². The van der Waals surface area contributed by atoms with E-state index in [-0.39, 0.29) is 12.4 Å². The molecule has 1 N–H and O–H groups in total. The molecule has 0 bridgehead atoms. The summed E-state index contributed by atoms with van der Waals surface area (Å²) in [7, 11) is 0. The average Bonchev–Trinajstić information content (AvgIpc) is 2.25. The number of aromatic nitrogens is 1. The molecule has 4 heteroatoms. The van der Waals surface area contributed by atoms with Crippen molar-refractivity contribution >= 4 is 5.97 Å². The Labute approximate surface area is 88.0 Å². The summed E-state index contributed by atoms with van der Waals surface area (Å²) in [4.78, 5) is 14.3. The second kappa shape index (κ2) is 6.11. The highest BCUT2D eigenvalue weighted by molar-refractivity contribution is 5.85. The summed E-state index contributed by atoms with van der Waals surface area (Å²) >= 11 is 0. The van der Waals surface area contributed by atoms with Crippen molar-refractivity contribution in [1.29, 1.82) is 0 Å². The molecular weight excluding hydrogens is 197 g/mol. The van der Waals surface area contributed by atoms with Crippen molar-refractivity contribution < 1.29 is 14.3 Å². The molecule has 0 spiro atoms. The Balaban J connectivity index is 2.47. The van der Waals surface area contributed by atoms with E-state index >= 15 is 0 Å². The van der Waals surface area contributed by atoms with E-state index in [2.05, 4.69) is 4.98 Å². The number of halogens is 1. The number of rotatable bonds is 6. The number of aromatic carboxylic acids is 1. The minimum Gasteiger partial charge on any atom is -0.477 e. The molecular formula is C11H14FNO2. The van der Waals surface area contributed by atoms with Gasteiger partial charge in [0.25, 0.3) is 0 Å². The first-order chi connectivity index (χ1) is 7.24. The van der Waals surface area contributed by atoms with Crippen LogP contribution < -0.4 is 0 Å². The van der Waals surface area contributed by atoms with Crippen LogP contribution in [-0.2, 0) is 6.42 Å². The second-order valence-electron chi connectivity index (χ2n) is 3.35. The standard InChI is InChI=1S/C11H14FNO2/c12-6-3-1-2-4-9-5-7-13-10(8-9)11(14)15/h5,7-8H,1-4,6H2,(H,14,15). The first kappa shape index (κ1) is 11.6. The molecule has 0 unspecified atom stereocenters. The minimum absolute atomic E-state index is 0.0676. The zero-order valence-electron chi connectivity index (χ0n) is 8.45. The van der Waals surface area contributed by atoms with E-state index in [0.29, 0.717) is 6.42 Å². The van der Waals surface area contributed by atoms with Gasteiger partial charge in [0.1, 0.15) is 5.69 Å². The highest BCUT2D eigenvalue weighted by Crippen LogP contribution is 2.07. The molecule has 1 aromatic heterocycles. The molecule has 0 aliphatic rings. The fraction of sp³-hybridized carbons (Fsp3) is 0.455. The van der Waals surface area contributed by atoms with Crippen molar-refractivity contribution in [3.8, 4) is 0 Å². The molecule has 3 nitrogen and oxygen atoms in total. The predicted octanol–water partition coefficient (Wildman–Crippen LogP) is 2.46. The highest BCUT2D eigenvalue weighted by Gasteiger charge is 2.04. The van der Waals surface area contributed by atoms with Crippen LogP contribution in [0.5, 0.6) is 0 Å². The lowest BCUT2D eigenvalue weighted by Crippen LogP contribution is -2.00. The van der Waals surface area contributed by atoms with Gasteiger partial charge in [-0.05, 0) is 37.0 Å². The van der Waals surface area contributed by atoms with Crippen molar-refractivity contribution in [2.75, 3.05) is 6.67 Å². The molecule has 0 aliphatic heterocycles. The van der Waals surface area contributed by atoms with Gasteiger partial charge < -0.3 is 5.11 Å². The number of unbranched alkanes of at least 4 members (excludes halogenated alkanes) is 2. The number of pyridine rings is 1. The SMILES string of the molecule is O=C(O)c1cc(CCCCCF)ccn1. The van der Waals surface area contributed by atoms with Gasteiger partial charge in [-0.25, -0.2) is 9.78 Å².